The van der Waals surface area contributed by atoms with E-state index in [4.69, 9.17) is 9.47 Å². The fourth-order valence-corrected chi connectivity index (χ4v) is 4.65. The summed E-state index contributed by atoms with van der Waals surface area (Å²) >= 11 is 0. The van der Waals surface area contributed by atoms with Crippen LogP contribution in [0.5, 0.6) is 11.5 Å². The number of carbonyl (C=O) groups excluding carboxylic acids is 1. The van der Waals surface area contributed by atoms with Crippen molar-refractivity contribution in [3.05, 3.63) is 88.7 Å². The molecule has 35 heavy (non-hydrogen) atoms. The minimum absolute atomic E-state index is 0. The Kier molecular flexibility index (Phi) is 9.40. The summed E-state index contributed by atoms with van der Waals surface area (Å²) < 4.78 is 80.2. The molecule has 180 valence electrons. The van der Waals surface area contributed by atoms with Crippen molar-refractivity contribution in [1.29, 1.82) is 0 Å². The van der Waals surface area contributed by atoms with E-state index in [1.807, 2.05) is 0 Å². The average molecular weight is 501 g/mol. The Labute approximate surface area is 212 Å². The molecular weight excluding hydrogens is 482 g/mol. The zero-order valence-corrected chi connectivity index (χ0v) is 19.9. The molecule has 3 rings (SSSR count). The van der Waals surface area contributed by atoms with Crippen LogP contribution in [0.3, 0.4) is 0 Å². The Morgan fingerprint density at radius 2 is 1.26 bits per heavy atom. The molecule has 0 N–H and O–H groups in total. The number of aromatic carboxylic acids is 1. The number of hydrogen-bond acceptors (Lipinski definition) is 6. The van der Waals surface area contributed by atoms with Crippen molar-refractivity contribution in [1.82, 2.24) is 4.31 Å². The Morgan fingerprint density at radius 1 is 0.829 bits per heavy atom. The first kappa shape index (κ1) is 28.3. The number of carboxylic acids is 1. The van der Waals surface area contributed by atoms with Crippen molar-refractivity contribution in [2.24, 2.45) is 0 Å². The van der Waals surface area contributed by atoms with Crippen LogP contribution in [-0.4, -0.2) is 32.9 Å². The Morgan fingerprint density at radius 3 is 1.63 bits per heavy atom. The van der Waals surface area contributed by atoms with Crippen molar-refractivity contribution in [2.45, 2.75) is 18.0 Å². The summed E-state index contributed by atoms with van der Waals surface area (Å²) in [7, 11) is -1.95. The SMILES string of the molecule is COc1ccc(CN(Cc2ccc(OC)cc2)S(=O)(=O)c2cc(C(=O)[O-])c(F)c(F)c2F)cc1.[Li+]. The number of benzene rings is 3. The molecule has 0 aromatic heterocycles. The van der Waals surface area contributed by atoms with E-state index in [2.05, 4.69) is 0 Å². The van der Waals surface area contributed by atoms with Gasteiger partial charge in [0.15, 0.2) is 17.5 Å². The van der Waals surface area contributed by atoms with Gasteiger partial charge in [-0.05, 0) is 41.5 Å². The third kappa shape index (κ3) is 6.18. The normalized spacial score (nSPS) is 11.1. The summed E-state index contributed by atoms with van der Waals surface area (Å²) in [6.45, 7) is -0.588. The number of carboxylic acid groups (broad SMARTS) is 1. The number of sulfonamides is 1. The second-order valence-electron chi connectivity index (χ2n) is 7.12. The molecule has 7 nitrogen and oxygen atoms in total. The van der Waals surface area contributed by atoms with Crippen LogP contribution in [0.1, 0.15) is 21.5 Å². The van der Waals surface area contributed by atoms with Crippen molar-refractivity contribution in [2.75, 3.05) is 14.2 Å². The first-order chi connectivity index (χ1) is 16.1. The third-order valence-corrected chi connectivity index (χ3v) is 6.78. The van der Waals surface area contributed by atoms with Gasteiger partial charge in [-0.1, -0.05) is 24.3 Å². The molecule has 0 saturated heterocycles. The monoisotopic (exact) mass is 501 g/mol. The summed E-state index contributed by atoms with van der Waals surface area (Å²) in [4.78, 5) is 9.84. The minimum Gasteiger partial charge on any atom is -0.545 e. The van der Waals surface area contributed by atoms with E-state index < -0.39 is 43.9 Å². The molecule has 0 aliphatic rings. The number of nitrogens with zero attached hydrogens (tertiary/aromatic N) is 1. The van der Waals surface area contributed by atoms with Crippen LogP contribution < -0.4 is 33.4 Å². The minimum atomic E-state index is -4.86. The van der Waals surface area contributed by atoms with Crippen molar-refractivity contribution >= 4 is 16.0 Å². The fraction of sp³-hybridized carbons (Fsp3) is 0.174. The van der Waals surface area contributed by atoms with Crippen LogP contribution in [0.2, 0.25) is 0 Å². The smallest absolute Gasteiger partial charge is 0.545 e. The average Bonchev–Trinajstić information content (AvgIpc) is 2.82. The number of carbonyl (C=O) groups is 1. The van der Waals surface area contributed by atoms with Crippen molar-refractivity contribution in [3.63, 3.8) is 0 Å². The van der Waals surface area contributed by atoms with Gasteiger partial charge in [0.1, 0.15) is 16.4 Å². The molecule has 0 atom stereocenters. The summed E-state index contributed by atoms with van der Waals surface area (Å²) in [5.74, 6) is -7.47. The predicted octanol–water partition coefficient (Wildman–Crippen LogP) is -0.120. The van der Waals surface area contributed by atoms with Gasteiger partial charge < -0.3 is 19.4 Å². The Balaban J connectivity index is 0.00000432. The number of ether oxygens (including phenoxy) is 2. The van der Waals surface area contributed by atoms with Gasteiger partial charge in [-0.3, -0.25) is 0 Å². The number of halogens is 3. The van der Waals surface area contributed by atoms with Gasteiger partial charge in [-0.2, -0.15) is 4.31 Å². The molecule has 3 aromatic rings. The second-order valence-corrected chi connectivity index (χ2v) is 9.03. The summed E-state index contributed by atoms with van der Waals surface area (Å²) in [6.07, 6.45) is 0. The van der Waals surface area contributed by atoms with Crippen molar-refractivity contribution < 1.29 is 59.8 Å². The first-order valence-corrected chi connectivity index (χ1v) is 11.2. The van der Waals surface area contributed by atoms with E-state index in [-0.39, 0.29) is 38.0 Å². The van der Waals surface area contributed by atoms with Crippen LogP contribution in [0.25, 0.3) is 0 Å². The van der Waals surface area contributed by atoms with E-state index >= 15 is 0 Å². The molecule has 0 spiro atoms. The van der Waals surface area contributed by atoms with Gasteiger partial charge in [0.05, 0.1) is 20.2 Å². The van der Waals surface area contributed by atoms with Crippen LogP contribution in [-0.2, 0) is 23.1 Å². The maximum Gasteiger partial charge on any atom is 1.00 e. The molecule has 0 bridgehead atoms. The molecule has 0 heterocycles. The standard InChI is InChI=1S/C23H20F3NO6S.Li/c1-32-16-7-3-14(4-8-16)12-27(13-15-5-9-17(33-2)10-6-15)34(30,31)19-11-18(23(28)29)20(24)22(26)21(19)25;/h3-11H,12-13H2,1-2H3,(H,28,29);/q;+1/p-1. The molecule has 0 aliphatic heterocycles. The summed E-state index contributed by atoms with van der Waals surface area (Å²) in [5.41, 5.74) is -0.465. The zero-order valence-electron chi connectivity index (χ0n) is 19.0. The van der Waals surface area contributed by atoms with Crippen LogP contribution >= 0.6 is 0 Å². The quantitative estimate of drug-likeness (QED) is 0.300. The number of hydrogen-bond donors (Lipinski definition) is 0. The summed E-state index contributed by atoms with van der Waals surface area (Å²) in [6, 6.07) is 12.8. The van der Waals surface area contributed by atoms with Crippen LogP contribution in [0, 0.1) is 17.5 Å². The zero-order chi connectivity index (χ0) is 25.0. The maximum absolute atomic E-state index is 14.6. The molecule has 3 aromatic carbocycles. The van der Waals surface area contributed by atoms with E-state index in [9.17, 15) is 31.5 Å². The van der Waals surface area contributed by atoms with Crippen molar-refractivity contribution in [3.8, 4) is 11.5 Å². The van der Waals surface area contributed by atoms with E-state index in [1.54, 1.807) is 48.5 Å². The summed E-state index contributed by atoms with van der Waals surface area (Å²) in [5, 5.41) is 11.2. The van der Waals surface area contributed by atoms with E-state index in [0.29, 0.717) is 22.6 Å². The predicted molar refractivity (Wildman–Crippen MR) is 113 cm³/mol. The number of methoxy groups -OCH3 is 2. The molecule has 0 unspecified atom stereocenters. The first-order valence-electron chi connectivity index (χ1n) is 9.73. The maximum atomic E-state index is 14.6. The van der Waals surface area contributed by atoms with Crippen LogP contribution in [0.15, 0.2) is 59.5 Å². The Bertz CT molecular complexity index is 1250. The van der Waals surface area contributed by atoms with E-state index in [0.717, 1.165) is 4.31 Å². The third-order valence-electron chi connectivity index (χ3n) is 4.99. The molecule has 12 heteroatoms. The van der Waals surface area contributed by atoms with Gasteiger partial charge in [-0.15, -0.1) is 0 Å². The van der Waals surface area contributed by atoms with Gasteiger partial charge >= 0.3 is 18.9 Å². The van der Waals surface area contributed by atoms with Gasteiger partial charge in [0.25, 0.3) is 0 Å². The fourth-order valence-electron chi connectivity index (χ4n) is 3.15. The van der Waals surface area contributed by atoms with E-state index in [1.165, 1.54) is 14.2 Å². The largest absolute Gasteiger partial charge is 1.00 e. The van der Waals surface area contributed by atoms with Gasteiger partial charge in [0.2, 0.25) is 10.0 Å². The molecule has 0 saturated carbocycles. The molecule has 0 fully saturated rings. The molecule has 0 radical (unpaired) electrons. The van der Waals surface area contributed by atoms with Gasteiger partial charge in [0, 0.05) is 18.7 Å². The topological polar surface area (TPSA) is 96.0 Å². The van der Waals surface area contributed by atoms with Gasteiger partial charge in [-0.25, -0.2) is 21.6 Å². The second kappa shape index (κ2) is 11.6. The Hall–Kier alpha value is -2.97. The molecular formula is C23H19F3LiNO6S. The molecule has 0 amide bonds. The molecule has 0 aliphatic carbocycles. The number of rotatable bonds is 9. The van der Waals surface area contributed by atoms with Crippen LogP contribution in [0.4, 0.5) is 13.2 Å².